The molecule has 18 heavy (non-hydrogen) atoms. The number of carbonyl (C=O) groups is 1. The Morgan fingerprint density at radius 2 is 2.17 bits per heavy atom. The number of piperidine rings is 1. The van der Waals surface area contributed by atoms with Crippen molar-refractivity contribution in [2.45, 2.75) is 38.3 Å². The highest BCUT2D eigenvalue weighted by atomic mass is 19.1. The van der Waals surface area contributed by atoms with Gasteiger partial charge in [0.1, 0.15) is 5.82 Å². The van der Waals surface area contributed by atoms with E-state index in [0.29, 0.717) is 0 Å². The Balaban J connectivity index is 2.00. The van der Waals surface area contributed by atoms with Gasteiger partial charge in [0.05, 0.1) is 0 Å². The second-order valence-electron chi connectivity index (χ2n) is 4.84. The molecule has 1 aromatic rings. The van der Waals surface area contributed by atoms with Crippen LogP contribution in [-0.2, 0) is 11.2 Å². The quantitative estimate of drug-likeness (QED) is 0.856. The van der Waals surface area contributed by atoms with Crippen molar-refractivity contribution in [2.24, 2.45) is 0 Å². The highest BCUT2D eigenvalue weighted by Crippen LogP contribution is 2.14. The average molecular weight is 250 g/mol. The van der Waals surface area contributed by atoms with Crippen molar-refractivity contribution < 1.29 is 9.18 Å². The van der Waals surface area contributed by atoms with E-state index in [1.807, 2.05) is 0 Å². The molecule has 1 heterocycles. The van der Waals surface area contributed by atoms with Gasteiger partial charge in [0.25, 0.3) is 0 Å². The lowest BCUT2D eigenvalue weighted by Gasteiger charge is -2.33. The van der Waals surface area contributed by atoms with Crippen LogP contribution in [-0.4, -0.2) is 24.5 Å². The minimum absolute atomic E-state index is 0.00723. The first kappa shape index (κ1) is 13.0. The van der Waals surface area contributed by atoms with Crippen molar-refractivity contribution in [2.75, 3.05) is 6.54 Å². The number of benzene rings is 1. The Bertz CT molecular complexity index is 405. The Hall–Kier alpha value is -1.42. The molecule has 4 heteroatoms. The molecule has 0 spiro atoms. The van der Waals surface area contributed by atoms with Gasteiger partial charge in [-0.1, -0.05) is 12.1 Å². The van der Waals surface area contributed by atoms with Crippen LogP contribution in [0.25, 0.3) is 0 Å². The summed E-state index contributed by atoms with van der Waals surface area (Å²) in [5.74, 6) is -0.207. The molecule has 0 aliphatic carbocycles. The fraction of sp³-hybridized carbons (Fsp3) is 0.500. The number of halogens is 1. The van der Waals surface area contributed by atoms with E-state index in [2.05, 4.69) is 10.6 Å². The van der Waals surface area contributed by atoms with Crippen molar-refractivity contribution in [3.05, 3.63) is 35.6 Å². The smallest absolute Gasteiger partial charge is 0.217 e. The summed E-state index contributed by atoms with van der Waals surface area (Å²) in [6.07, 6.45) is 2.88. The summed E-state index contributed by atoms with van der Waals surface area (Å²) in [7, 11) is 0. The standard InChI is InChI=1S/C14H19FN2O/c1-10(18)17-13-3-2-8-16-14(13)9-11-4-6-12(15)7-5-11/h4-7,13-14,16H,2-3,8-9H2,1H3,(H,17,18)/t13-,14-/m0/s1. The molecule has 3 nitrogen and oxygen atoms in total. The van der Waals surface area contributed by atoms with Crippen molar-refractivity contribution in [1.82, 2.24) is 10.6 Å². The van der Waals surface area contributed by atoms with Gasteiger partial charge in [0, 0.05) is 19.0 Å². The first-order chi connectivity index (χ1) is 8.65. The number of nitrogens with one attached hydrogen (secondary N) is 2. The SMILES string of the molecule is CC(=O)N[C@H]1CCCN[C@H]1Cc1ccc(F)cc1. The predicted octanol–water partition coefficient (Wildman–Crippen LogP) is 1.62. The second-order valence-corrected chi connectivity index (χ2v) is 4.84. The Morgan fingerprint density at radius 3 is 2.83 bits per heavy atom. The minimum atomic E-state index is -0.214. The van der Waals surface area contributed by atoms with Crippen LogP contribution < -0.4 is 10.6 Å². The van der Waals surface area contributed by atoms with E-state index >= 15 is 0 Å². The van der Waals surface area contributed by atoms with Crippen LogP contribution in [0.1, 0.15) is 25.3 Å². The lowest BCUT2D eigenvalue weighted by atomic mass is 9.93. The minimum Gasteiger partial charge on any atom is -0.352 e. The lowest BCUT2D eigenvalue weighted by molar-refractivity contribution is -0.120. The molecule has 1 aliphatic heterocycles. The average Bonchev–Trinajstić information content (AvgIpc) is 2.34. The van der Waals surface area contributed by atoms with Crippen molar-refractivity contribution in [3.63, 3.8) is 0 Å². The molecule has 2 rings (SSSR count). The molecule has 1 aromatic carbocycles. The van der Waals surface area contributed by atoms with Crippen LogP contribution >= 0.6 is 0 Å². The fourth-order valence-corrected chi connectivity index (χ4v) is 2.48. The number of hydrogen-bond acceptors (Lipinski definition) is 2. The normalized spacial score (nSPS) is 23.7. The molecular formula is C14H19FN2O. The monoisotopic (exact) mass is 250 g/mol. The summed E-state index contributed by atoms with van der Waals surface area (Å²) in [5, 5.41) is 6.42. The van der Waals surface area contributed by atoms with Crippen molar-refractivity contribution in [3.8, 4) is 0 Å². The van der Waals surface area contributed by atoms with Gasteiger partial charge in [-0.05, 0) is 43.5 Å². The zero-order chi connectivity index (χ0) is 13.0. The molecule has 1 fully saturated rings. The van der Waals surface area contributed by atoms with E-state index in [9.17, 15) is 9.18 Å². The van der Waals surface area contributed by atoms with Gasteiger partial charge in [-0.2, -0.15) is 0 Å². The van der Waals surface area contributed by atoms with Gasteiger partial charge in [0.15, 0.2) is 0 Å². The van der Waals surface area contributed by atoms with Gasteiger partial charge in [-0.3, -0.25) is 4.79 Å². The van der Waals surface area contributed by atoms with Crippen LogP contribution in [0.4, 0.5) is 4.39 Å². The molecule has 98 valence electrons. The molecular weight excluding hydrogens is 231 g/mol. The highest BCUT2D eigenvalue weighted by molar-refractivity contribution is 5.73. The number of hydrogen-bond donors (Lipinski definition) is 2. The molecule has 2 atom stereocenters. The molecule has 0 unspecified atom stereocenters. The summed E-state index contributed by atoms with van der Waals surface area (Å²) in [4.78, 5) is 11.2. The molecule has 2 N–H and O–H groups in total. The Morgan fingerprint density at radius 1 is 1.44 bits per heavy atom. The number of amides is 1. The van der Waals surface area contributed by atoms with E-state index in [1.54, 1.807) is 19.1 Å². The fourth-order valence-electron chi connectivity index (χ4n) is 2.48. The molecule has 0 aromatic heterocycles. The van der Waals surface area contributed by atoms with E-state index in [1.165, 1.54) is 12.1 Å². The zero-order valence-corrected chi connectivity index (χ0v) is 10.6. The van der Waals surface area contributed by atoms with Crippen LogP contribution in [0.5, 0.6) is 0 Å². The zero-order valence-electron chi connectivity index (χ0n) is 10.6. The second kappa shape index (κ2) is 5.96. The van der Waals surface area contributed by atoms with Gasteiger partial charge in [-0.25, -0.2) is 4.39 Å². The number of rotatable bonds is 3. The molecule has 0 bridgehead atoms. The summed E-state index contributed by atoms with van der Waals surface area (Å²) in [5.41, 5.74) is 1.09. The van der Waals surface area contributed by atoms with E-state index in [0.717, 1.165) is 31.4 Å². The van der Waals surface area contributed by atoms with E-state index < -0.39 is 0 Å². The molecule has 0 radical (unpaired) electrons. The van der Waals surface area contributed by atoms with Gasteiger partial charge >= 0.3 is 0 Å². The first-order valence-corrected chi connectivity index (χ1v) is 6.40. The van der Waals surface area contributed by atoms with E-state index in [-0.39, 0.29) is 23.8 Å². The molecule has 1 saturated heterocycles. The summed E-state index contributed by atoms with van der Waals surface area (Å²) in [6.45, 7) is 2.52. The van der Waals surface area contributed by atoms with Crippen LogP contribution in [0, 0.1) is 5.82 Å². The van der Waals surface area contributed by atoms with Gasteiger partial charge in [-0.15, -0.1) is 0 Å². The maximum absolute atomic E-state index is 12.8. The van der Waals surface area contributed by atoms with Gasteiger partial charge < -0.3 is 10.6 Å². The third-order valence-electron chi connectivity index (χ3n) is 3.34. The van der Waals surface area contributed by atoms with Crippen molar-refractivity contribution >= 4 is 5.91 Å². The Kier molecular flexibility index (Phi) is 4.31. The van der Waals surface area contributed by atoms with Crippen LogP contribution in [0.2, 0.25) is 0 Å². The van der Waals surface area contributed by atoms with Crippen LogP contribution in [0.15, 0.2) is 24.3 Å². The number of carbonyl (C=O) groups excluding carboxylic acids is 1. The first-order valence-electron chi connectivity index (χ1n) is 6.40. The summed E-state index contributed by atoms with van der Waals surface area (Å²) < 4.78 is 12.8. The van der Waals surface area contributed by atoms with E-state index in [4.69, 9.17) is 0 Å². The molecule has 1 amide bonds. The third-order valence-corrected chi connectivity index (χ3v) is 3.34. The highest BCUT2D eigenvalue weighted by Gasteiger charge is 2.25. The summed E-state index contributed by atoms with van der Waals surface area (Å²) >= 11 is 0. The molecule has 1 aliphatic rings. The largest absolute Gasteiger partial charge is 0.352 e. The topological polar surface area (TPSA) is 41.1 Å². The predicted molar refractivity (Wildman–Crippen MR) is 68.7 cm³/mol. The van der Waals surface area contributed by atoms with Crippen molar-refractivity contribution in [1.29, 1.82) is 0 Å². The lowest BCUT2D eigenvalue weighted by Crippen LogP contribution is -2.54. The maximum atomic E-state index is 12.8. The van der Waals surface area contributed by atoms with Crippen LogP contribution in [0.3, 0.4) is 0 Å². The van der Waals surface area contributed by atoms with Gasteiger partial charge in [0.2, 0.25) is 5.91 Å². The Labute approximate surface area is 107 Å². The maximum Gasteiger partial charge on any atom is 0.217 e. The summed E-state index contributed by atoms with van der Waals surface area (Å²) in [6, 6.07) is 6.96. The third kappa shape index (κ3) is 3.53. The molecule has 0 saturated carbocycles.